The van der Waals surface area contributed by atoms with E-state index in [2.05, 4.69) is 15.3 Å². The van der Waals surface area contributed by atoms with Crippen molar-refractivity contribution in [2.75, 3.05) is 11.9 Å². The van der Waals surface area contributed by atoms with Crippen LogP contribution in [0, 0.1) is 11.6 Å². The van der Waals surface area contributed by atoms with Crippen molar-refractivity contribution in [1.82, 2.24) is 9.97 Å². The van der Waals surface area contributed by atoms with Crippen LogP contribution in [-0.2, 0) is 0 Å². The summed E-state index contributed by atoms with van der Waals surface area (Å²) in [6, 6.07) is 8.81. The average molecular weight is 336 g/mol. The third kappa shape index (κ3) is 3.38. The molecule has 1 unspecified atom stereocenters. The number of rotatable bonds is 4. The summed E-state index contributed by atoms with van der Waals surface area (Å²) in [6.07, 6.45) is 0.444. The molecule has 0 bridgehead atoms. The van der Waals surface area contributed by atoms with Crippen LogP contribution < -0.4 is 5.32 Å². The number of nitrogens with zero attached hydrogens (tertiary/aromatic N) is 2. The zero-order chi connectivity index (χ0) is 16.4. The molecule has 3 aromatic rings. The molecule has 0 saturated heterocycles. The molecule has 2 N–H and O–H groups in total. The van der Waals surface area contributed by atoms with Crippen LogP contribution >= 0.6 is 11.6 Å². The van der Waals surface area contributed by atoms with Crippen LogP contribution in [0.2, 0.25) is 5.02 Å². The molecule has 1 heterocycles. The van der Waals surface area contributed by atoms with E-state index < -0.39 is 17.7 Å². The van der Waals surface area contributed by atoms with E-state index in [0.29, 0.717) is 21.8 Å². The Balaban J connectivity index is 1.81. The number of hydrogen-bond acceptors (Lipinski definition) is 4. The van der Waals surface area contributed by atoms with Crippen LogP contribution in [0.3, 0.4) is 0 Å². The maximum atomic E-state index is 13.4. The van der Waals surface area contributed by atoms with E-state index in [9.17, 15) is 13.9 Å². The molecule has 0 amide bonds. The van der Waals surface area contributed by atoms with Gasteiger partial charge in [0.05, 0.1) is 11.6 Å². The van der Waals surface area contributed by atoms with Gasteiger partial charge < -0.3 is 10.4 Å². The standard InChI is InChI=1S/C16H12ClF2N3O/c17-10-3-1-9(2-4-10)15(23)7-20-16-11-5-12(18)13(19)6-14(11)21-8-22-16/h1-6,8,15,23H,7H2,(H,20,21,22). The van der Waals surface area contributed by atoms with E-state index in [4.69, 9.17) is 11.6 Å². The minimum Gasteiger partial charge on any atom is -0.387 e. The van der Waals surface area contributed by atoms with E-state index in [1.807, 2.05) is 0 Å². The predicted molar refractivity (Wildman–Crippen MR) is 84.4 cm³/mol. The maximum absolute atomic E-state index is 13.4. The summed E-state index contributed by atoms with van der Waals surface area (Å²) in [5, 5.41) is 14.0. The van der Waals surface area contributed by atoms with Gasteiger partial charge >= 0.3 is 0 Å². The quantitative estimate of drug-likeness (QED) is 0.763. The van der Waals surface area contributed by atoms with Crippen LogP contribution in [0.1, 0.15) is 11.7 Å². The number of anilines is 1. The van der Waals surface area contributed by atoms with Gasteiger partial charge in [0.15, 0.2) is 11.6 Å². The number of hydrogen-bond donors (Lipinski definition) is 2. The van der Waals surface area contributed by atoms with Gasteiger partial charge in [0, 0.05) is 23.0 Å². The molecule has 1 aromatic heterocycles. The summed E-state index contributed by atoms with van der Waals surface area (Å²) in [7, 11) is 0. The summed E-state index contributed by atoms with van der Waals surface area (Å²) in [5.74, 6) is -1.63. The van der Waals surface area contributed by atoms with E-state index in [1.165, 1.54) is 6.33 Å². The number of fused-ring (bicyclic) bond motifs is 1. The number of halogens is 3. The van der Waals surface area contributed by atoms with Crippen molar-refractivity contribution in [3.05, 3.63) is 64.9 Å². The highest BCUT2D eigenvalue weighted by atomic mass is 35.5. The third-order valence-electron chi connectivity index (χ3n) is 3.40. The largest absolute Gasteiger partial charge is 0.387 e. The average Bonchev–Trinajstić information content (AvgIpc) is 2.54. The topological polar surface area (TPSA) is 58.0 Å². The van der Waals surface area contributed by atoms with Crippen LogP contribution in [0.4, 0.5) is 14.6 Å². The first-order chi connectivity index (χ1) is 11.0. The minimum absolute atomic E-state index is 0.146. The van der Waals surface area contributed by atoms with Crippen molar-refractivity contribution in [1.29, 1.82) is 0 Å². The van der Waals surface area contributed by atoms with Gasteiger partial charge in [0.1, 0.15) is 12.1 Å². The van der Waals surface area contributed by atoms with Crippen molar-refractivity contribution in [2.45, 2.75) is 6.10 Å². The lowest BCUT2D eigenvalue weighted by atomic mass is 10.1. The Kier molecular flexibility index (Phi) is 4.36. The Labute approximate surface area is 135 Å². The Morgan fingerprint density at radius 3 is 2.52 bits per heavy atom. The lowest BCUT2D eigenvalue weighted by Crippen LogP contribution is -2.13. The second-order valence-electron chi connectivity index (χ2n) is 4.95. The van der Waals surface area contributed by atoms with Gasteiger partial charge in [-0.05, 0) is 23.8 Å². The summed E-state index contributed by atoms with van der Waals surface area (Å²) < 4.78 is 26.7. The van der Waals surface area contributed by atoms with E-state index >= 15 is 0 Å². The number of nitrogens with one attached hydrogen (secondary N) is 1. The van der Waals surface area contributed by atoms with Crippen molar-refractivity contribution >= 4 is 28.3 Å². The monoisotopic (exact) mass is 335 g/mol. The van der Waals surface area contributed by atoms with E-state index in [0.717, 1.165) is 12.1 Å². The highest BCUT2D eigenvalue weighted by Gasteiger charge is 2.12. The number of benzene rings is 2. The molecule has 118 valence electrons. The molecular weight excluding hydrogens is 324 g/mol. The van der Waals surface area contributed by atoms with Crippen LogP contribution in [0.15, 0.2) is 42.7 Å². The van der Waals surface area contributed by atoms with Crippen molar-refractivity contribution in [3.63, 3.8) is 0 Å². The molecule has 0 radical (unpaired) electrons. The van der Waals surface area contributed by atoms with Crippen molar-refractivity contribution in [3.8, 4) is 0 Å². The maximum Gasteiger partial charge on any atom is 0.161 e. The molecular formula is C16H12ClF2N3O. The fourth-order valence-electron chi connectivity index (χ4n) is 2.19. The summed E-state index contributed by atoms with van der Waals surface area (Å²) >= 11 is 5.80. The first kappa shape index (κ1) is 15.6. The molecule has 7 heteroatoms. The number of aliphatic hydroxyl groups excluding tert-OH is 1. The van der Waals surface area contributed by atoms with Gasteiger partial charge in [0.25, 0.3) is 0 Å². The smallest absolute Gasteiger partial charge is 0.161 e. The Hall–Kier alpha value is -2.31. The van der Waals surface area contributed by atoms with Gasteiger partial charge in [-0.3, -0.25) is 0 Å². The lowest BCUT2D eigenvalue weighted by molar-refractivity contribution is 0.191. The van der Waals surface area contributed by atoms with Crippen molar-refractivity contribution < 1.29 is 13.9 Å². The second kappa shape index (κ2) is 6.44. The van der Waals surface area contributed by atoms with E-state index in [1.54, 1.807) is 24.3 Å². The molecule has 2 aromatic carbocycles. The van der Waals surface area contributed by atoms with Gasteiger partial charge in [0.2, 0.25) is 0 Å². The summed E-state index contributed by atoms with van der Waals surface area (Å²) in [5.41, 5.74) is 0.958. The second-order valence-corrected chi connectivity index (χ2v) is 5.39. The number of aliphatic hydroxyl groups is 1. The lowest BCUT2D eigenvalue weighted by Gasteiger charge is -2.14. The first-order valence-electron chi connectivity index (χ1n) is 6.82. The SMILES string of the molecule is OC(CNc1ncnc2cc(F)c(F)cc12)c1ccc(Cl)cc1. The number of aromatic nitrogens is 2. The van der Waals surface area contributed by atoms with Crippen LogP contribution in [0.5, 0.6) is 0 Å². The zero-order valence-corrected chi connectivity index (χ0v) is 12.6. The predicted octanol–water partition coefficient (Wildman–Crippen LogP) is 3.71. The Bertz CT molecular complexity index is 843. The van der Waals surface area contributed by atoms with Gasteiger partial charge in [-0.1, -0.05) is 23.7 Å². The fourth-order valence-corrected chi connectivity index (χ4v) is 2.31. The highest BCUT2D eigenvalue weighted by Crippen LogP contribution is 2.23. The normalized spacial score (nSPS) is 12.3. The molecule has 3 rings (SSSR count). The third-order valence-corrected chi connectivity index (χ3v) is 3.65. The molecule has 0 spiro atoms. The van der Waals surface area contributed by atoms with Gasteiger partial charge in [-0.2, -0.15) is 0 Å². The Morgan fingerprint density at radius 2 is 1.78 bits per heavy atom. The molecule has 0 fully saturated rings. The molecule has 0 saturated carbocycles. The van der Waals surface area contributed by atoms with Crippen molar-refractivity contribution in [2.24, 2.45) is 0 Å². The highest BCUT2D eigenvalue weighted by molar-refractivity contribution is 6.30. The summed E-state index contributed by atoms with van der Waals surface area (Å²) in [4.78, 5) is 7.92. The molecule has 1 atom stereocenters. The first-order valence-corrected chi connectivity index (χ1v) is 7.19. The molecule has 0 aliphatic carbocycles. The molecule has 23 heavy (non-hydrogen) atoms. The zero-order valence-electron chi connectivity index (χ0n) is 11.8. The van der Waals surface area contributed by atoms with Crippen LogP contribution in [0.25, 0.3) is 10.9 Å². The molecule has 0 aliphatic rings. The van der Waals surface area contributed by atoms with Crippen LogP contribution in [-0.4, -0.2) is 21.6 Å². The summed E-state index contributed by atoms with van der Waals surface area (Å²) in [6.45, 7) is 0.146. The fraction of sp³-hybridized carbons (Fsp3) is 0.125. The van der Waals surface area contributed by atoms with E-state index in [-0.39, 0.29) is 12.1 Å². The minimum atomic E-state index is -0.978. The molecule has 4 nitrogen and oxygen atoms in total. The Morgan fingerprint density at radius 1 is 1.09 bits per heavy atom. The van der Waals surface area contributed by atoms with Gasteiger partial charge in [-0.25, -0.2) is 18.7 Å². The molecule has 0 aliphatic heterocycles. The van der Waals surface area contributed by atoms with Gasteiger partial charge in [-0.15, -0.1) is 0 Å².